The predicted molar refractivity (Wildman–Crippen MR) is 141 cm³/mol. The van der Waals surface area contributed by atoms with Gasteiger partial charge in [0, 0.05) is 25.7 Å². The standard InChI is InChI=1S/C31H52O5/c1-19(2)9-8-10-20(3)25-11-12-26-24-17-28(36-22(5)33)31(34)18-23(35-21(4)32)13-16-30(31,7)27(24)14-15-29(25,26)6/h19-20,23-28,34H,8-18H2,1-7H3/t20-,23-,24-,25+,26-,27-,28+,29-,30-,31+/m1/s1. The summed E-state index contributed by atoms with van der Waals surface area (Å²) in [5, 5.41) is 12.3. The molecule has 0 saturated heterocycles. The fourth-order valence-electron chi connectivity index (χ4n) is 9.92. The average Bonchev–Trinajstić information content (AvgIpc) is 3.12. The third-order valence-corrected chi connectivity index (χ3v) is 11.6. The topological polar surface area (TPSA) is 72.8 Å². The van der Waals surface area contributed by atoms with E-state index in [1.54, 1.807) is 0 Å². The molecule has 4 rings (SSSR count). The van der Waals surface area contributed by atoms with Crippen molar-refractivity contribution in [2.24, 2.45) is 46.3 Å². The van der Waals surface area contributed by atoms with E-state index in [4.69, 9.17) is 9.47 Å². The van der Waals surface area contributed by atoms with Gasteiger partial charge in [-0.05, 0) is 85.9 Å². The Kier molecular flexibility index (Phi) is 7.93. The fraction of sp³-hybridized carbons (Fsp3) is 0.935. The Morgan fingerprint density at radius 1 is 0.917 bits per heavy atom. The Labute approximate surface area is 219 Å². The smallest absolute Gasteiger partial charge is 0.303 e. The van der Waals surface area contributed by atoms with Crippen LogP contribution in [0, 0.1) is 46.3 Å². The first kappa shape index (κ1) is 27.9. The molecule has 0 radical (unpaired) electrons. The van der Waals surface area contributed by atoms with E-state index in [-0.39, 0.29) is 23.5 Å². The van der Waals surface area contributed by atoms with Gasteiger partial charge < -0.3 is 14.6 Å². The first-order valence-electron chi connectivity index (χ1n) is 14.9. The average molecular weight is 505 g/mol. The zero-order valence-electron chi connectivity index (χ0n) is 24.0. The molecule has 0 aromatic rings. The molecule has 0 bridgehead atoms. The molecule has 10 atom stereocenters. The summed E-state index contributed by atoms with van der Waals surface area (Å²) in [6.45, 7) is 14.8. The minimum absolute atomic E-state index is 0.308. The lowest BCUT2D eigenvalue weighted by molar-refractivity contribution is -0.271. The molecule has 5 heteroatoms. The van der Waals surface area contributed by atoms with Gasteiger partial charge in [0.15, 0.2) is 0 Å². The van der Waals surface area contributed by atoms with Crippen LogP contribution in [0.1, 0.15) is 119 Å². The molecular weight excluding hydrogens is 452 g/mol. The summed E-state index contributed by atoms with van der Waals surface area (Å²) in [6, 6.07) is 0. The molecule has 0 spiro atoms. The van der Waals surface area contributed by atoms with Crippen LogP contribution in [-0.4, -0.2) is 34.9 Å². The van der Waals surface area contributed by atoms with Gasteiger partial charge >= 0.3 is 11.9 Å². The fourth-order valence-corrected chi connectivity index (χ4v) is 9.92. The molecule has 4 aliphatic rings. The number of hydrogen-bond donors (Lipinski definition) is 1. The molecular formula is C31H52O5. The van der Waals surface area contributed by atoms with E-state index in [1.165, 1.54) is 52.4 Å². The quantitative estimate of drug-likeness (QED) is 0.391. The first-order valence-corrected chi connectivity index (χ1v) is 14.9. The van der Waals surface area contributed by atoms with E-state index in [0.29, 0.717) is 29.6 Å². The molecule has 0 aliphatic heterocycles. The molecule has 0 aromatic heterocycles. The Bertz CT molecular complexity index is 824. The van der Waals surface area contributed by atoms with Crippen molar-refractivity contribution in [3.63, 3.8) is 0 Å². The normalized spacial score (nSPS) is 44.8. The third kappa shape index (κ3) is 4.76. The number of aliphatic hydroxyl groups is 1. The summed E-state index contributed by atoms with van der Waals surface area (Å²) in [6.07, 6.45) is 10.7. The third-order valence-electron chi connectivity index (χ3n) is 11.6. The molecule has 0 unspecified atom stereocenters. The highest BCUT2D eigenvalue weighted by Gasteiger charge is 2.68. The van der Waals surface area contributed by atoms with E-state index < -0.39 is 11.7 Å². The van der Waals surface area contributed by atoms with Gasteiger partial charge in [0.05, 0.1) is 0 Å². The van der Waals surface area contributed by atoms with E-state index >= 15 is 0 Å². The van der Waals surface area contributed by atoms with Crippen LogP contribution in [0.2, 0.25) is 0 Å². The number of carbonyl (C=O) groups is 2. The number of ether oxygens (including phenoxy) is 2. The van der Waals surface area contributed by atoms with Crippen molar-refractivity contribution in [1.82, 2.24) is 0 Å². The molecule has 206 valence electrons. The maximum absolute atomic E-state index is 12.3. The SMILES string of the molecule is CC(=O)O[C@@H]1CC[C@]2(C)[C@@H]3CC[C@@]4(C)[C@H](CC[C@H]4[C@H](C)CCCC(C)C)[C@H]3C[C@H](OC(C)=O)[C@@]2(O)C1. The molecule has 4 fully saturated rings. The zero-order chi connectivity index (χ0) is 26.5. The molecule has 4 aliphatic carbocycles. The minimum atomic E-state index is -1.16. The molecule has 36 heavy (non-hydrogen) atoms. The van der Waals surface area contributed by atoms with Gasteiger partial charge in [-0.2, -0.15) is 0 Å². The van der Waals surface area contributed by atoms with Gasteiger partial charge in [0.25, 0.3) is 0 Å². The van der Waals surface area contributed by atoms with Crippen LogP contribution in [0.15, 0.2) is 0 Å². The van der Waals surface area contributed by atoms with E-state index in [1.807, 2.05) is 0 Å². The summed E-state index contributed by atoms with van der Waals surface area (Å²) in [4.78, 5) is 23.9. The van der Waals surface area contributed by atoms with Crippen molar-refractivity contribution in [1.29, 1.82) is 0 Å². The largest absolute Gasteiger partial charge is 0.462 e. The summed E-state index contributed by atoms with van der Waals surface area (Å²) in [5.74, 6) is 3.15. The molecule has 0 amide bonds. The molecule has 1 N–H and O–H groups in total. The van der Waals surface area contributed by atoms with Crippen molar-refractivity contribution in [3.8, 4) is 0 Å². The second-order valence-corrected chi connectivity index (χ2v) is 14.1. The highest BCUT2D eigenvalue weighted by atomic mass is 16.6. The Balaban J connectivity index is 1.59. The van der Waals surface area contributed by atoms with E-state index in [9.17, 15) is 14.7 Å². The Hall–Kier alpha value is -1.10. The Morgan fingerprint density at radius 3 is 2.25 bits per heavy atom. The van der Waals surface area contributed by atoms with Gasteiger partial charge in [-0.15, -0.1) is 0 Å². The van der Waals surface area contributed by atoms with Crippen molar-refractivity contribution in [2.75, 3.05) is 0 Å². The first-order chi connectivity index (χ1) is 16.8. The number of esters is 2. The highest BCUT2D eigenvalue weighted by Crippen LogP contribution is 2.69. The lowest BCUT2D eigenvalue weighted by Gasteiger charge is -2.65. The van der Waals surface area contributed by atoms with Crippen molar-refractivity contribution < 1.29 is 24.2 Å². The Morgan fingerprint density at radius 2 is 1.61 bits per heavy atom. The van der Waals surface area contributed by atoms with Gasteiger partial charge in [0.2, 0.25) is 0 Å². The van der Waals surface area contributed by atoms with Crippen LogP contribution >= 0.6 is 0 Å². The number of carbonyl (C=O) groups excluding carboxylic acids is 2. The predicted octanol–water partition coefficient (Wildman–Crippen LogP) is 6.70. The molecule has 5 nitrogen and oxygen atoms in total. The van der Waals surface area contributed by atoms with Gasteiger partial charge in [-0.25, -0.2) is 0 Å². The van der Waals surface area contributed by atoms with Crippen LogP contribution in [0.4, 0.5) is 0 Å². The summed E-state index contributed by atoms with van der Waals surface area (Å²) < 4.78 is 11.5. The summed E-state index contributed by atoms with van der Waals surface area (Å²) >= 11 is 0. The van der Waals surface area contributed by atoms with Crippen molar-refractivity contribution in [2.45, 2.75) is 137 Å². The second kappa shape index (κ2) is 10.2. The number of fused-ring (bicyclic) bond motifs is 5. The molecule has 0 heterocycles. The lowest BCUT2D eigenvalue weighted by Crippen LogP contribution is -2.69. The van der Waals surface area contributed by atoms with Crippen molar-refractivity contribution >= 4 is 11.9 Å². The van der Waals surface area contributed by atoms with E-state index in [0.717, 1.165) is 43.4 Å². The van der Waals surface area contributed by atoms with Crippen LogP contribution < -0.4 is 0 Å². The monoisotopic (exact) mass is 504 g/mol. The summed E-state index contributed by atoms with van der Waals surface area (Å²) in [7, 11) is 0. The second-order valence-electron chi connectivity index (χ2n) is 14.1. The van der Waals surface area contributed by atoms with E-state index in [2.05, 4.69) is 34.6 Å². The van der Waals surface area contributed by atoms with Gasteiger partial charge in [0.1, 0.15) is 17.8 Å². The molecule has 4 saturated carbocycles. The minimum Gasteiger partial charge on any atom is -0.462 e. The van der Waals surface area contributed by atoms with Crippen LogP contribution in [0.25, 0.3) is 0 Å². The van der Waals surface area contributed by atoms with Crippen LogP contribution in [0.5, 0.6) is 0 Å². The van der Waals surface area contributed by atoms with Crippen LogP contribution in [0.3, 0.4) is 0 Å². The van der Waals surface area contributed by atoms with Crippen LogP contribution in [-0.2, 0) is 19.1 Å². The summed E-state index contributed by atoms with van der Waals surface area (Å²) in [5.41, 5.74) is -1.16. The zero-order valence-corrected chi connectivity index (χ0v) is 24.0. The maximum atomic E-state index is 12.3. The highest BCUT2D eigenvalue weighted by molar-refractivity contribution is 5.66. The molecule has 0 aromatic carbocycles. The van der Waals surface area contributed by atoms with Gasteiger partial charge in [-0.1, -0.05) is 53.9 Å². The lowest BCUT2D eigenvalue weighted by atomic mass is 9.42. The maximum Gasteiger partial charge on any atom is 0.303 e. The van der Waals surface area contributed by atoms with Crippen molar-refractivity contribution in [3.05, 3.63) is 0 Å². The number of rotatable bonds is 7. The number of hydrogen-bond acceptors (Lipinski definition) is 5. The van der Waals surface area contributed by atoms with Gasteiger partial charge in [-0.3, -0.25) is 9.59 Å².